The Bertz CT molecular complexity index is 341. The summed E-state index contributed by atoms with van der Waals surface area (Å²) < 4.78 is 5.63. The number of aromatic nitrogens is 1. The van der Waals surface area contributed by atoms with Crippen LogP contribution in [0.2, 0.25) is 0 Å². The number of rotatable bonds is 2. The van der Waals surface area contributed by atoms with Crippen LogP contribution >= 0.6 is 11.3 Å². The Morgan fingerprint density at radius 1 is 1.40 bits per heavy atom. The van der Waals surface area contributed by atoms with Crippen LogP contribution in [0.25, 0.3) is 0 Å². The zero-order chi connectivity index (χ0) is 11.1. The van der Waals surface area contributed by atoms with E-state index in [0.29, 0.717) is 0 Å². The molecule has 1 fully saturated rings. The lowest BCUT2D eigenvalue weighted by Gasteiger charge is -2.38. The third-order valence-electron chi connectivity index (χ3n) is 3.21. The van der Waals surface area contributed by atoms with Crippen LogP contribution in [0, 0.1) is 0 Å². The fraction of sp³-hybridized carbons (Fsp3) is 0.750. The monoisotopic (exact) mass is 225 g/mol. The largest absolute Gasteiger partial charge is 0.371 e. The fourth-order valence-electron chi connectivity index (χ4n) is 1.83. The van der Waals surface area contributed by atoms with E-state index >= 15 is 0 Å². The van der Waals surface area contributed by atoms with Crippen molar-refractivity contribution in [3.63, 3.8) is 0 Å². The van der Waals surface area contributed by atoms with E-state index in [4.69, 9.17) is 9.72 Å². The Labute approximate surface area is 95.7 Å². The molecule has 0 aliphatic heterocycles. The molecule has 1 aromatic rings. The maximum atomic E-state index is 5.63. The molecule has 15 heavy (non-hydrogen) atoms. The zero-order valence-electron chi connectivity index (χ0n) is 9.96. The van der Waals surface area contributed by atoms with Gasteiger partial charge < -0.3 is 4.74 Å². The molecule has 0 saturated heterocycles. The van der Waals surface area contributed by atoms with E-state index in [1.54, 1.807) is 18.4 Å². The molecular formula is C12H19NOS. The number of hydrogen-bond donors (Lipinski definition) is 0. The molecule has 1 aliphatic carbocycles. The Morgan fingerprint density at radius 3 is 2.40 bits per heavy atom. The van der Waals surface area contributed by atoms with Gasteiger partial charge >= 0.3 is 0 Å². The van der Waals surface area contributed by atoms with Gasteiger partial charge in [0.05, 0.1) is 5.69 Å². The summed E-state index contributed by atoms with van der Waals surface area (Å²) in [4.78, 5) is 4.74. The highest BCUT2D eigenvalue weighted by molar-refractivity contribution is 7.09. The summed E-state index contributed by atoms with van der Waals surface area (Å²) >= 11 is 1.75. The van der Waals surface area contributed by atoms with Gasteiger partial charge in [0.1, 0.15) is 10.6 Å². The van der Waals surface area contributed by atoms with Crippen molar-refractivity contribution in [3.05, 3.63) is 16.1 Å². The lowest BCUT2D eigenvalue weighted by molar-refractivity contribution is -0.0780. The molecule has 1 heterocycles. The van der Waals surface area contributed by atoms with Crippen molar-refractivity contribution in [2.45, 2.75) is 51.0 Å². The number of thiazole rings is 1. The van der Waals surface area contributed by atoms with Crippen LogP contribution in [0.3, 0.4) is 0 Å². The second-order valence-electron chi connectivity index (χ2n) is 5.34. The van der Waals surface area contributed by atoms with Crippen molar-refractivity contribution in [2.24, 2.45) is 0 Å². The summed E-state index contributed by atoms with van der Waals surface area (Å²) in [6.07, 6.45) is 3.51. The lowest BCUT2D eigenvalue weighted by atomic mass is 9.80. The molecule has 0 spiro atoms. The number of methoxy groups -OCH3 is 1. The maximum absolute atomic E-state index is 5.63. The third-order valence-corrected chi connectivity index (χ3v) is 4.24. The average Bonchev–Trinajstić information content (AvgIpc) is 2.51. The topological polar surface area (TPSA) is 22.1 Å². The standard InChI is InChI=1S/C12H19NOS/c1-11(2,3)9-8-15-10(13-9)12(14-4)6-5-7-12/h8H,5-7H2,1-4H3. The van der Waals surface area contributed by atoms with Crippen molar-refractivity contribution in [3.8, 4) is 0 Å². The second kappa shape index (κ2) is 3.56. The van der Waals surface area contributed by atoms with Crippen molar-refractivity contribution in [1.82, 2.24) is 4.98 Å². The molecule has 1 aromatic heterocycles. The summed E-state index contributed by atoms with van der Waals surface area (Å²) in [5.41, 5.74) is 1.28. The summed E-state index contributed by atoms with van der Waals surface area (Å²) in [6, 6.07) is 0. The molecule has 0 atom stereocenters. The van der Waals surface area contributed by atoms with Gasteiger partial charge in [-0.3, -0.25) is 0 Å². The van der Waals surface area contributed by atoms with Crippen LogP contribution in [0.1, 0.15) is 50.7 Å². The predicted molar refractivity (Wildman–Crippen MR) is 63.4 cm³/mol. The fourth-order valence-corrected chi connectivity index (χ4v) is 3.11. The van der Waals surface area contributed by atoms with E-state index in [9.17, 15) is 0 Å². The average molecular weight is 225 g/mol. The molecule has 0 bridgehead atoms. The Balaban J connectivity index is 2.27. The summed E-state index contributed by atoms with van der Waals surface area (Å²) in [5.74, 6) is 0. The minimum absolute atomic E-state index is 0.0475. The van der Waals surface area contributed by atoms with Gasteiger partial charge in [-0.1, -0.05) is 20.8 Å². The quantitative estimate of drug-likeness (QED) is 0.769. The van der Waals surface area contributed by atoms with Gasteiger partial charge in [-0.25, -0.2) is 4.98 Å². The van der Waals surface area contributed by atoms with Gasteiger partial charge in [0.2, 0.25) is 0 Å². The zero-order valence-corrected chi connectivity index (χ0v) is 10.8. The summed E-state index contributed by atoms with van der Waals surface area (Å²) in [7, 11) is 1.80. The minimum Gasteiger partial charge on any atom is -0.371 e. The first-order chi connectivity index (χ1) is 6.98. The smallest absolute Gasteiger partial charge is 0.125 e. The van der Waals surface area contributed by atoms with Gasteiger partial charge in [-0.15, -0.1) is 11.3 Å². The normalized spacial score (nSPS) is 20.0. The molecule has 1 saturated carbocycles. The lowest BCUT2D eigenvalue weighted by Crippen LogP contribution is -2.36. The molecule has 84 valence electrons. The highest BCUT2D eigenvalue weighted by atomic mass is 32.1. The van der Waals surface area contributed by atoms with Gasteiger partial charge in [0.15, 0.2) is 0 Å². The van der Waals surface area contributed by atoms with Gasteiger partial charge in [-0.2, -0.15) is 0 Å². The Kier molecular flexibility index (Phi) is 2.63. The van der Waals surface area contributed by atoms with Crippen LogP contribution < -0.4 is 0 Å². The molecule has 0 amide bonds. The number of ether oxygens (including phenoxy) is 1. The summed E-state index contributed by atoms with van der Waals surface area (Å²) in [6.45, 7) is 6.60. The molecule has 2 rings (SSSR count). The van der Waals surface area contributed by atoms with E-state index in [1.165, 1.54) is 17.1 Å². The Morgan fingerprint density at radius 2 is 2.07 bits per heavy atom. The van der Waals surface area contributed by atoms with Crippen LogP contribution in [0.4, 0.5) is 0 Å². The van der Waals surface area contributed by atoms with Gasteiger partial charge in [0.25, 0.3) is 0 Å². The van der Waals surface area contributed by atoms with Crippen LogP contribution in [-0.2, 0) is 15.8 Å². The first kappa shape index (κ1) is 11.1. The van der Waals surface area contributed by atoms with Crippen LogP contribution in [0.15, 0.2) is 5.38 Å². The number of nitrogens with zero attached hydrogens (tertiary/aromatic N) is 1. The first-order valence-corrected chi connectivity index (χ1v) is 6.37. The van der Waals surface area contributed by atoms with E-state index in [1.807, 2.05) is 0 Å². The molecular weight excluding hydrogens is 206 g/mol. The molecule has 0 aromatic carbocycles. The van der Waals surface area contributed by atoms with Crippen molar-refractivity contribution < 1.29 is 4.74 Å². The molecule has 1 aliphatic rings. The third kappa shape index (κ3) is 1.83. The molecule has 3 heteroatoms. The minimum atomic E-state index is -0.0475. The highest BCUT2D eigenvalue weighted by Gasteiger charge is 2.41. The molecule has 0 N–H and O–H groups in total. The second-order valence-corrected chi connectivity index (χ2v) is 6.20. The first-order valence-electron chi connectivity index (χ1n) is 5.50. The summed E-state index contributed by atoms with van der Waals surface area (Å²) in [5, 5.41) is 3.34. The van der Waals surface area contributed by atoms with E-state index in [0.717, 1.165) is 12.8 Å². The van der Waals surface area contributed by atoms with Gasteiger partial charge in [-0.05, 0) is 19.3 Å². The van der Waals surface area contributed by atoms with Crippen LogP contribution in [-0.4, -0.2) is 12.1 Å². The Hall–Kier alpha value is -0.410. The van der Waals surface area contributed by atoms with E-state index < -0.39 is 0 Å². The highest BCUT2D eigenvalue weighted by Crippen LogP contribution is 2.45. The van der Waals surface area contributed by atoms with E-state index in [-0.39, 0.29) is 11.0 Å². The van der Waals surface area contributed by atoms with Crippen molar-refractivity contribution in [2.75, 3.05) is 7.11 Å². The van der Waals surface area contributed by atoms with Gasteiger partial charge in [0, 0.05) is 17.9 Å². The molecule has 0 radical (unpaired) electrons. The molecule has 0 unspecified atom stereocenters. The van der Waals surface area contributed by atoms with E-state index in [2.05, 4.69) is 26.2 Å². The predicted octanol–water partition coefficient (Wildman–Crippen LogP) is 3.47. The van der Waals surface area contributed by atoms with Crippen molar-refractivity contribution >= 4 is 11.3 Å². The SMILES string of the molecule is COC1(c2nc(C(C)(C)C)cs2)CCC1. The molecule has 2 nitrogen and oxygen atoms in total. The van der Waals surface area contributed by atoms with Crippen LogP contribution in [0.5, 0.6) is 0 Å². The maximum Gasteiger partial charge on any atom is 0.125 e. The van der Waals surface area contributed by atoms with Crippen molar-refractivity contribution in [1.29, 1.82) is 0 Å². The number of hydrogen-bond acceptors (Lipinski definition) is 3.